The van der Waals surface area contributed by atoms with E-state index in [-0.39, 0.29) is 12.0 Å². The lowest BCUT2D eigenvalue weighted by Gasteiger charge is -2.36. The summed E-state index contributed by atoms with van der Waals surface area (Å²) < 4.78 is 10.1. The van der Waals surface area contributed by atoms with Gasteiger partial charge in [0, 0.05) is 0 Å². The quantitative estimate of drug-likeness (QED) is 0.718. The molecule has 108 valence electrons. The number of carbonyl (C=O) groups excluding carboxylic acids is 2. The molecule has 6 heteroatoms. The zero-order chi connectivity index (χ0) is 14.4. The molecule has 0 radical (unpaired) electrons. The molecule has 2 aliphatic rings. The number of aliphatic hydroxyl groups is 1. The van der Waals surface area contributed by atoms with Crippen molar-refractivity contribution in [3.63, 3.8) is 0 Å². The number of esters is 1. The van der Waals surface area contributed by atoms with E-state index in [1.165, 1.54) is 12.0 Å². The largest absolute Gasteiger partial charge is 0.467 e. The monoisotopic (exact) mass is 271 g/mol. The van der Waals surface area contributed by atoms with Crippen LogP contribution >= 0.6 is 0 Å². The van der Waals surface area contributed by atoms with E-state index in [2.05, 4.69) is 0 Å². The van der Waals surface area contributed by atoms with Crippen molar-refractivity contribution in [1.82, 2.24) is 4.90 Å². The first-order chi connectivity index (χ1) is 8.74. The van der Waals surface area contributed by atoms with Crippen molar-refractivity contribution in [3.05, 3.63) is 0 Å². The molecule has 1 aliphatic carbocycles. The van der Waals surface area contributed by atoms with Gasteiger partial charge in [-0.15, -0.1) is 0 Å². The third kappa shape index (κ3) is 2.54. The van der Waals surface area contributed by atoms with Gasteiger partial charge in [-0.25, -0.2) is 9.59 Å². The Balaban J connectivity index is 2.20. The van der Waals surface area contributed by atoms with Gasteiger partial charge in [0.05, 0.1) is 19.3 Å². The zero-order valence-electron chi connectivity index (χ0n) is 11.8. The van der Waals surface area contributed by atoms with E-state index in [1.807, 2.05) is 0 Å². The molecule has 2 rings (SSSR count). The summed E-state index contributed by atoms with van der Waals surface area (Å²) in [4.78, 5) is 25.4. The Kier molecular flexibility index (Phi) is 3.47. The Morgan fingerprint density at radius 2 is 1.89 bits per heavy atom. The lowest BCUT2D eigenvalue weighted by molar-refractivity contribution is -0.149. The van der Waals surface area contributed by atoms with Crippen molar-refractivity contribution >= 4 is 12.1 Å². The van der Waals surface area contributed by atoms with Crippen LogP contribution in [0.2, 0.25) is 0 Å². The highest BCUT2D eigenvalue weighted by Crippen LogP contribution is 2.43. The van der Waals surface area contributed by atoms with Gasteiger partial charge in [-0.2, -0.15) is 0 Å². The lowest BCUT2D eigenvalue weighted by atomic mass is 9.98. The van der Waals surface area contributed by atoms with Crippen molar-refractivity contribution in [3.8, 4) is 0 Å². The first-order valence-corrected chi connectivity index (χ1v) is 6.52. The summed E-state index contributed by atoms with van der Waals surface area (Å²) in [7, 11) is 1.30. The molecule has 19 heavy (non-hydrogen) atoms. The van der Waals surface area contributed by atoms with Crippen molar-refractivity contribution in [1.29, 1.82) is 0 Å². The summed E-state index contributed by atoms with van der Waals surface area (Å²) in [5.74, 6) is -0.481. The number of aliphatic hydroxyl groups excluding tert-OH is 1. The maximum absolute atomic E-state index is 12.2. The van der Waals surface area contributed by atoms with E-state index in [0.29, 0.717) is 12.8 Å². The second-order valence-electron chi connectivity index (χ2n) is 6.22. The number of rotatable bonds is 1. The summed E-state index contributed by atoms with van der Waals surface area (Å²) in [5.41, 5.74) is -0.634. The summed E-state index contributed by atoms with van der Waals surface area (Å²) in [5, 5.41) is 9.91. The van der Waals surface area contributed by atoms with Crippen molar-refractivity contribution in [2.75, 3.05) is 7.11 Å². The molecule has 4 atom stereocenters. The van der Waals surface area contributed by atoms with E-state index in [9.17, 15) is 14.7 Å². The maximum Gasteiger partial charge on any atom is 0.411 e. The number of carbonyl (C=O) groups is 2. The van der Waals surface area contributed by atoms with Crippen molar-refractivity contribution in [2.45, 2.75) is 57.4 Å². The molecule has 1 saturated heterocycles. The first kappa shape index (κ1) is 14.1. The summed E-state index contributed by atoms with van der Waals surface area (Å²) in [6.45, 7) is 5.30. The molecule has 1 saturated carbocycles. The molecule has 1 aliphatic heterocycles. The number of ether oxygens (including phenoxy) is 2. The van der Waals surface area contributed by atoms with Gasteiger partial charge >= 0.3 is 12.1 Å². The molecular weight excluding hydrogens is 250 g/mol. The molecule has 1 unspecified atom stereocenters. The number of likely N-dealkylation sites (tertiary alicyclic amines) is 1. The van der Waals surface area contributed by atoms with Gasteiger partial charge in [0.15, 0.2) is 0 Å². The van der Waals surface area contributed by atoms with E-state index in [1.54, 1.807) is 20.8 Å². The molecule has 6 nitrogen and oxygen atoms in total. The van der Waals surface area contributed by atoms with Crippen LogP contribution in [0, 0.1) is 5.92 Å². The SMILES string of the molecule is COC(=O)[C@@H]1[C@H]2CC([C@H](O)C2)N1C(=O)OC(C)(C)C. The van der Waals surface area contributed by atoms with E-state index >= 15 is 0 Å². The Hall–Kier alpha value is -1.30. The van der Waals surface area contributed by atoms with Crippen LogP contribution in [-0.2, 0) is 14.3 Å². The van der Waals surface area contributed by atoms with E-state index in [0.717, 1.165) is 0 Å². The lowest BCUT2D eigenvalue weighted by Crippen LogP contribution is -2.55. The normalized spacial score (nSPS) is 33.4. The van der Waals surface area contributed by atoms with Crippen LogP contribution in [0.3, 0.4) is 0 Å². The van der Waals surface area contributed by atoms with Crippen LogP contribution in [0.1, 0.15) is 33.6 Å². The number of nitrogens with zero attached hydrogens (tertiary/aromatic N) is 1. The first-order valence-electron chi connectivity index (χ1n) is 6.52. The highest BCUT2D eigenvalue weighted by Gasteiger charge is 2.56. The van der Waals surface area contributed by atoms with Crippen molar-refractivity contribution in [2.24, 2.45) is 5.92 Å². The molecule has 2 fully saturated rings. The van der Waals surface area contributed by atoms with Gasteiger partial charge < -0.3 is 14.6 Å². The second kappa shape index (κ2) is 4.67. The average molecular weight is 271 g/mol. The van der Waals surface area contributed by atoms with Crippen LogP contribution < -0.4 is 0 Å². The predicted molar refractivity (Wildman–Crippen MR) is 66.4 cm³/mol. The smallest absolute Gasteiger partial charge is 0.411 e. The Bertz CT molecular complexity index is 389. The highest BCUT2D eigenvalue weighted by atomic mass is 16.6. The fraction of sp³-hybridized carbons (Fsp3) is 0.846. The Morgan fingerprint density at radius 1 is 1.26 bits per heavy atom. The van der Waals surface area contributed by atoms with Gasteiger partial charge in [-0.05, 0) is 39.5 Å². The summed E-state index contributed by atoms with van der Waals surface area (Å²) >= 11 is 0. The molecule has 1 N–H and O–H groups in total. The standard InChI is InChI=1S/C13H21NO5/c1-13(2,3)19-12(17)14-8-5-7(6-9(8)15)10(14)11(16)18-4/h7-10,15H,5-6H2,1-4H3/t7-,8?,9+,10-/m0/s1. The van der Waals surface area contributed by atoms with Crippen LogP contribution in [0.5, 0.6) is 0 Å². The highest BCUT2D eigenvalue weighted by molar-refractivity contribution is 5.83. The predicted octanol–water partition coefficient (Wildman–Crippen LogP) is 0.918. The molecule has 0 aromatic rings. The summed E-state index contributed by atoms with van der Waals surface area (Å²) in [6.07, 6.45) is 0.0109. The molecule has 2 bridgehead atoms. The van der Waals surface area contributed by atoms with Crippen LogP contribution in [0.15, 0.2) is 0 Å². The van der Waals surface area contributed by atoms with Gasteiger partial charge in [-0.3, -0.25) is 4.90 Å². The number of piperidine rings is 1. The minimum absolute atomic E-state index is 0.0417. The summed E-state index contributed by atoms with van der Waals surface area (Å²) in [6, 6.07) is -0.975. The minimum atomic E-state index is -0.634. The number of hydrogen-bond acceptors (Lipinski definition) is 5. The van der Waals surface area contributed by atoms with Crippen molar-refractivity contribution < 1.29 is 24.2 Å². The fourth-order valence-corrected chi connectivity index (χ4v) is 3.01. The maximum atomic E-state index is 12.2. The fourth-order valence-electron chi connectivity index (χ4n) is 3.01. The van der Waals surface area contributed by atoms with Crippen LogP contribution in [-0.4, -0.2) is 53.0 Å². The van der Waals surface area contributed by atoms with Gasteiger partial charge in [0.1, 0.15) is 11.6 Å². The third-order valence-corrected chi connectivity index (χ3v) is 3.68. The zero-order valence-corrected chi connectivity index (χ0v) is 11.8. The van der Waals surface area contributed by atoms with E-state index < -0.39 is 29.8 Å². The van der Waals surface area contributed by atoms with Crippen LogP contribution in [0.25, 0.3) is 0 Å². The topological polar surface area (TPSA) is 76.1 Å². The molecule has 0 aromatic carbocycles. The van der Waals surface area contributed by atoms with Gasteiger partial charge in [0.2, 0.25) is 0 Å². The molecule has 1 amide bonds. The Labute approximate surface area is 112 Å². The molecular formula is C13H21NO5. The van der Waals surface area contributed by atoms with Crippen LogP contribution in [0.4, 0.5) is 4.79 Å². The number of amides is 1. The Morgan fingerprint density at radius 3 is 2.42 bits per heavy atom. The molecule has 0 spiro atoms. The van der Waals surface area contributed by atoms with Gasteiger partial charge in [0.25, 0.3) is 0 Å². The van der Waals surface area contributed by atoms with Gasteiger partial charge in [-0.1, -0.05) is 0 Å². The number of fused-ring (bicyclic) bond motifs is 2. The van der Waals surface area contributed by atoms with E-state index in [4.69, 9.17) is 9.47 Å². The third-order valence-electron chi connectivity index (χ3n) is 3.68. The minimum Gasteiger partial charge on any atom is -0.467 e. The second-order valence-corrected chi connectivity index (χ2v) is 6.22. The molecule has 1 heterocycles. The number of methoxy groups -OCH3 is 1. The number of hydrogen-bond donors (Lipinski definition) is 1. The molecule has 0 aromatic heterocycles. The average Bonchev–Trinajstić information content (AvgIpc) is 2.81.